The summed E-state index contributed by atoms with van der Waals surface area (Å²) >= 11 is 0. The molecule has 0 spiro atoms. The Hall–Kier alpha value is -0.0800. The summed E-state index contributed by atoms with van der Waals surface area (Å²) in [5, 5.41) is 9.13. The summed E-state index contributed by atoms with van der Waals surface area (Å²) in [4.78, 5) is 0. The molecule has 0 amide bonds. The number of ether oxygens (including phenoxy) is 1. The van der Waals surface area contributed by atoms with Crippen molar-refractivity contribution in [3.8, 4) is 0 Å². The van der Waals surface area contributed by atoms with E-state index in [1.165, 1.54) is 19.3 Å². The summed E-state index contributed by atoms with van der Waals surface area (Å²) in [6.45, 7) is 4.68. The van der Waals surface area contributed by atoms with Gasteiger partial charge in [0.05, 0.1) is 0 Å². The fourth-order valence-electron chi connectivity index (χ4n) is 1.02. The number of hydrogen-bond acceptors (Lipinski definition) is 2. The minimum Gasteiger partial charge on any atom is -0.368 e. The van der Waals surface area contributed by atoms with E-state index in [0.717, 1.165) is 12.8 Å². The highest BCUT2D eigenvalue weighted by Gasteiger charge is 2.00. The highest BCUT2D eigenvalue weighted by molar-refractivity contribution is 4.44. The zero-order chi connectivity index (χ0) is 8.53. The van der Waals surface area contributed by atoms with Gasteiger partial charge in [-0.05, 0) is 19.8 Å². The lowest BCUT2D eigenvalue weighted by atomic mass is 10.1. The van der Waals surface area contributed by atoms with E-state index in [1.807, 2.05) is 6.92 Å². The first-order valence-electron chi connectivity index (χ1n) is 4.61. The summed E-state index contributed by atoms with van der Waals surface area (Å²) < 4.78 is 4.98. The molecule has 1 N–H and O–H groups in total. The third kappa shape index (κ3) is 7.82. The molecule has 0 fully saturated rings. The number of rotatable bonds is 7. The van der Waals surface area contributed by atoms with Gasteiger partial charge >= 0.3 is 0 Å². The molecule has 0 bridgehead atoms. The quantitative estimate of drug-likeness (QED) is 0.457. The molecule has 0 aromatic rings. The third-order valence-electron chi connectivity index (χ3n) is 1.66. The van der Waals surface area contributed by atoms with E-state index >= 15 is 0 Å². The van der Waals surface area contributed by atoms with Crippen LogP contribution in [0.2, 0.25) is 0 Å². The van der Waals surface area contributed by atoms with Gasteiger partial charge in [-0.25, -0.2) is 0 Å². The zero-order valence-electron chi connectivity index (χ0n) is 7.68. The van der Waals surface area contributed by atoms with Gasteiger partial charge < -0.3 is 9.84 Å². The Labute approximate surface area is 69.6 Å². The minimum absolute atomic E-state index is 0.531. The van der Waals surface area contributed by atoms with Crippen LogP contribution in [0.1, 0.15) is 46.0 Å². The van der Waals surface area contributed by atoms with Gasteiger partial charge in [0, 0.05) is 6.61 Å². The van der Waals surface area contributed by atoms with Crippen LogP contribution >= 0.6 is 0 Å². The van der Waals surface area contributed by atoms with E-state index in [9.17, 15) is 0 Å². The van der Waals surface area contributed by atoms with Crippen LogP contribution in [0, 0.1) is 0 Å². The summed E-state index contributed by atoms with van der Waals surface area (Å²) in [5.74, 6) is 0. The summed E-state index contributed by atoms with van der Waals surface area (Å²) in [5.41, 5.74) is 0. The number of aliphatic hydroxyl groups is 1. The average molecular weight is 160 g/mol. The van der Waals surface area contributed by atoms with Crippen molar-refractivity contribution in [3.63, 3.8) is 0 Å². The maximum Gasteiger partial charge on any atom is 0.154 e. The summed E-state index contributed by atoms with van der Waals surface area (Å²) in [7, 11) is 0. The molecule has 0 aliphatic rings. The van der Waals surface area contributed by atoms with Crippen LogP contribution in [0.4, 0.5) is 0 Å². The van der Waals surface area contributed by atoms with Gasteiger partial charge in [-0.15, -0.1) is 0 Å². The molecule has 0 heterocycles. The summed E-state index contributed by atoms with van der Waals surface area (Å²) in [6.07, 6.45) is 5.05. The Morgan fingerprint density at radius 2 is 1.91 bits per heavy atom. The molecule has 1 unspecified atom stereocenters. The van der Waals surface area contributed by atoms with Gasteiger partial charge in [-0.1, -0.05) is 26.2 Å². The van der Waals surface area contributed by atoms with Crippen LogP contribution < -0.4 is 0 Å². The smallest absolute Gasteiger partial charge is 0.154 e. The van der Waals surface area contributed by atoms with Crippen molar-refractivity contribution in [1.82, 2.24) is 0 Å². The van der Waals surface area contributed by atoms with E-state index < -0.39 is 6.29 Å². The van der Waals surface area contributed by atoms with E-state index in [-0.39, 0.29) is 0 Å². The minimum atomic E-state index is -0.531. The molecule has 0 saturated carbocycles. The van der Waals surface area contributed by atoms with Crippen molar-refractivity contribution in [2.45, 2.75) is 52.2 Å². The van der Waals surface area contributed by atoms with Gasteiger partial charge in [-0.2, -0.15) is 0 Å². The van der Waals surface area contributed by atoms with Crippen LogP contribution in [0.3, 0.4) is 0 Å². The second kappa shape index (κ2) is 8.02. The Morgan fingerprint density at radius 3 is 2.45 bits per heavy atom. The van der Waals surface area contributed by atoms with Crippen molar-refractivity contribution >= 4 is 0 Å². The first kappa shape index (κ1) is 10.9. The molecule has 0 aliphatic heterocycles. The maximum absolute atomic E-state index is 9.13. The van der Waals surface area contributed by atoms with Crippen molar-refractivity contribution in [2.24, 2.45) is 0 Å². The van der Waals surface area contributed by atoms with Crippen LogP contribution in [0.25, 0.3) is 0 Å². The Balaban J connectivity index is 2.97. The highest BCUT2D eigenvalue weighted by Crippen LogP contribution is 2.05. The molecule has 0 radical (unpaired) electrons. The van der Waals surface area contributed by atoms with Crippen molar-refractivity contribution in [2.75, 3.05) is 6.61 Å². The van der Waals surface area contributed by atoms with Crippen molar-refractivity contribution in [1.29, 1.82) is 0 Å². The lowest BCUT2D eigenvalue weighted by molar-refractivity contribution is -0.0994. The highest BCUT2D eigenvalue weighted by atomic mass is 16.6. The molecule has 0 aromatic carbocycles. The molecule has 2 nitrogen and oxygen atoms in total. The predicted octanol–water partition coefficient (Wildman–Crippen LogP) is 2.31. The monoisotopic (exact) mass is 160 g/mol. The SMILES string of the molecule is CCCCCCC(O)OCC. The lowest BCUT2D eigenvalue weighted by Gasteiger charge is -2.09. The van der Waals surface area contributed by atoms with E-state index in [1.54, 1.807) is 0 Å². The third-order valence-corrected chi connectivity index (χ3v) is 1.66. The molecule has 0 rings (SSSR count). The number of unbranched alkanes of at least 4 members (excludes halogenated alkanes) is 3. The molecular weight excluding hydrogens is 140 g/mol. The Bertz CT molecular complexity index is 74.0. The van der Waals surface area contributed by atoms with E-state index in [4.69, 9.17) is 9.84 Å². The molecular formula is C9H20O2. The fourth-order valence-corrected chi connectivity index (χ4v) is 1.02. The molecule has 68 valence electrons. The van der Waals surface area contributed by atoms with Gasteiger partial charge in [0.25, 0.3) is 0 Å². The Morgan fingerprint density at radius 1 is 1.18 bits per heavy atom. The standard InChI is InChI=1S/C9H20O2/c1-3-5-6-7-8-9(10)11-4-2/h9-10H,3-8H2,1-2H3. The van der Waals surface area contributed by atoms with Crippen LogP contribution in [-0.4, -0.2) is 18.0 Å². The van der Waals surface area contributed by atoms with E-state index in [2.05, 4.69) is 6.92 Å². The predicted molar refractivity (Wildman–Crippen MR) is 46.4 cm³/mol. The number of hydrogen-bond donors (Lipinski definition) is 1. The van der Waals surface area contributed by atoms with Crippen LogP contribution in [-0.2, 0) is 4.74 Å². The largest absolute Gasteiger partial charge is 0.368 e. The van der Waals surface area contributed by atoms with E-state index in [0.29, 0.717) is 6.61 Å². The van der Waals surface area contributed by atoms with Gasteiger partial charge in [0.2, 0.25) is 0 Å². The first-order valence-corrected chi connectivity index (χ1v) is 4.61. The lowest BCUT2D eigenvalue weighted by Crippen LogP contribution is -2.10. The van der Waals surface area contributed by atoms with Gasteiger partial charge in [-0.3, -0.25) is 0 Å². The first-order chi connectivity index (χ1) is 5.31. The molecule has 1 atom stereocenters. The molecule has 11 heavy (non-hydrogen) atoms. The number of aliphatic hydroxyl groups excluding tert-OH is 1. The fraction of sp³-hybridized carbons (Fsp3) is 1.00. The van der Waals surface area contributed by atoms with Gasteiger partial charge in [0.15, 0.2) is 6.29 Å². The average Bonchev–Trinajstić information content (AvgIpc) is 1.99. The molecule has 0 aliphatic carbocycles. The Kier molecular flexibility index (Phi) is 7.96. The molecule has 0 saturated heterocycles. The topological polar surface area (TPSA) is 29.5 Å². The summed E-state index contributed by atoms with van der Waals surface area (Å²) in [6, 6.07) is 0. The van der Waals surface area contributed by atoms with Gasteiger partial charge in [0.1, 0.15) is 0 Å². The van der Waals surface area contributed by atoms with Crippen molar-refractivity contribution in [3.05, 3.63) is 0 Å². The maximum atomic E-state index is 9.13. The second-order valence-corrected chi connectivity index (χ2v) is 2.76. The van der Waals surface area contributed by atoms with Crippen LogP contribution in [0.5, 0.6) is 0 Å². The zero-order valence-corrected chi connectivity index (χ0v) is 7.68. The second-order valence-electron chi connectivity index (χ2n) is 2.76. The van der Waals surface area contributed by atoms with Crippen molar-refractivity contribution < 1.29 is 9.84 Å². The molecule has 0 aromatic heterocycles. The normalized spacial score (nSPS) is 13.4. The molecule has 2 heteroatoms. The van der Waals surface area contributed by atoms with Crippen LogP contribution in [0.15, 0.2) is 0 Å².